The van der Waals surface area contributed by atoms with Crippen LogP contribution in [0.25, 0.3) is 0 Å². The molecule has 11 heteroatoms. The van der Waals surface area contributed by atoms with E-state index in [0.717, 1.165) is 5.56 Å². The molecule has 0 radical (unpaired) electrons. The van der Waals surface area contributed by atoms with Gasteiger partial charge in [0.1, 0.15) is 17.3 Å². The van der Waals surface area contributed by atoms with E-state index in [-0.39, 0.29) is 19.3 Å². The van der Waals surface area contributed by atoms with Crippen LogP contribution in [0.2, 0.25) is 0 Å². The molecule has 0 aromatic heterocycles. The minimum Gasteiger partial charge on any atom is -0.368 e. The van der Waals surface area contributed by atoms with E-state index in [9.17, 15) is 27.6 Å². The van der Waals surface area contributed by atoms with Crippen LogP contribution < -0.4 is 21.1 Å². The topological polar surface area (TPSA) is 165 Å². The zero-order valence-electron chi connectivity index (χ0n) is 18.5. The minimum absolute atomic E-state index is 0.0636. The predicted molar refractivity (Wildman–Crippen MR) is 123 cm³/mol. The highest BCUT2D eigenvalue weighted by molar-refractivity contribution is 7.90. The maximum Gasteiger partial charge on any atom is 0.243 e. The third kappa shape index (κ3) is 6.41. The van der Waals surface area contributed by atoms with Gasteiger partial charge in [0.05, 0.1) is 6.42 Å². The summed E-state index contributed by atoms with van der Waals surface area (Å²) in [6.45, 7) is 1.30. The van der Waals surface area contributed by atoms with Gasteiger partial charge in [-0.2, -0.15) is 0 Å². The normalized spacial score (nSPS) is 18.4. The molecule has 0 spiro atoms. The molecule has 3 rings (SSSR count). The van der Waals surface area contributed by atoms with Crippen LogP contribution in [0.15, 0.2) is 54.6 Å². The number of primary amides is 1. The number of nitrogens with one attached hydrogen (secondary N) is 3. The van der Waals surface area contributed by atoms with Crippen LogP contribution in [-0.2, 0) is 42.0 Å². The van der Waals surface area contributed by atoms with Gasteiger partial charge in [-0.05, 0) is 16.7 Å². The molecule has 5 N–H and O–H groups in total. The molecule has 1 heterocycles. The van der Waals surface area contributed by atoms with Crippen molar-refractivity contribution in [1.82, 2.24) is 15.4 Å². The van der Waals surface area contributed by atoms with Crippen molar-refractivity contribution in [3.8, 4) is 0 Å². The molecule has 0 aliphatic carbocycles. The van der Waals surface area contributed by atoms with Crippen molar-refractivity contribution in [3.05, 3.63) is 71.3 Å². The van der Waals surface area contributed by atoms with Crippen LogP contribution in [0.4, 0.5) is 0 Å². The summed E-state index contributed by atoms with van der Waals surface area (Å²) >= 11 is 0. The van der Waals surface area contributed by atoms with Gasteiger partial charge in [-0.3, -0.25) is 23.9 Å². The molecule has 4 amide bonds. The predicted octanol–water partition coefficient (Wildman–Crippen LogP) is -0.163. The summed E-state index contributed by atoms with van der Waals surface area (Å²) in [5, 5.41) is 4.22. The van der Waals surface area contributed by atoms with Crippen LogP contribution in [-0.4, -0.2) is 44.1 Å². The van der Waals surface area contributed by atoms with Gasteiger partial charge in [0, 0.05) is 19.8 Å². The van der Waals surface area contributed by atoms with Gasteiger partial charge in [-0.1, -0.05) is 54.6 Å². The number of amides is 4. The van der Waals surface area contributed by atoms with E-state index < -0.39 is 51.0 Å². The maximum absolute atomic E-state index is 12.9. The van der Waals surface area contributed by atoms with Gasteiger partial charge in [0.2, 0.25) is 33.7 Å². The Morgan fingerprint density at radius 1 is 0.971 bits per heavy atom. The highest BCUT2D eigenvalue weighted by atomic mass is 32.2. The Bertz CT molecular complexity index is 1180. The first-order valence-electron chi connectivity index (χ1n) is 10.6. The van der Waals surface area contributed by atoms with Crippen LogP contribution in [0.5, 0.6) is 0 Å². The van der Waals surface area contributed by atoms with Crippen molar-refractivity contribution in [2.24, 2.45) is 5.73 Å². The van der Waals surface area contributed by atoms with Crippen LogP contribution in [0, 0.1) is 0 Å². The van der Waals surface area contributed by atoms with E-state index in [0.29, 0.717) is 11.1 Å². The van der Waals surface area contributed by atoms with Crippen molar-refractivity contribution >= 4 is 33.7 Å². The molecule has 0 saturated carbocycles. The smallest absolute Gasteiger partial charge is 0.243 e. The molecule has 1 aliphatic heterocycles. The summed E-state index contributed by atoms with van der Waals surface area (Å²) in [6.07, 6.45) is 0.136. The van der Waals surface area contributed by atoms with E-state index in [1.54, 1.807) is 24.3 Å². The Morgan fingerprint density at radius 2 is 1.56 bits per heavy atom. The number of sulfonamides is 1. The monoisotopic (exact) mass is 486 g/mol. The van der Waals surface area contributed by atoms with Gasteiger partial charge in [-0.15, -0.1) is 0 Å². The first-order chi connectivity index (χ1) is 16.0. The molecular formula is C23H26N4O6S. The second kappa shape index (κ2) is 10.5. The van der Waals surface area contributed by atoms with Crippen molar-refractivity contribution in [1.29, 1.82) is 0 Å². The summed E-state index contributed by atoms with van der Waals surface area (Å²) in [5.74, 6) is -2.26. The minimum atomic E-state index is -3.77. The Hall–Kier alpha value is -3.73. The fourth-order valence-corrected chi connectivity index (χ4v) is 5.18. The van der Waals surface area contributed by atoms with E-state index >= 15 is 0 Å². The highest BCUT2D eigenvalue weighted by Gasteiger charge is 2.37. The number of benzene rings is 2. The van der Waals surface area contributed by atoms with Crippen molar-refractivity contribution < 1.29 is 27.6 Å². The van der Waals surface area contributed by atoms with Crippen LogP contribution in [0.1, 0.15) is 35.3 Å². The summed E-state index contributed by atoms with van der Waals surface area (Å²) in [6, 6.07) is 13.5. The lowest BCUT2D eigenvalue weighted by molar-refractivity contribution is -0.130. The van der Waals surface area contributed by atoms with E-state index in [1.165, 1.54) is 6.92 Å². The Balaban J connectivity index is 1.70. The largest absolute Gasteiger partial charge is 0.368 e. The Morgan fingerprint density at radius 3 is 2.09 bits per heavy atom. The number of hydrogen-bond acceptors (Lipinski definition) is 6. The molecule has 2 aromatic rings. The first kappa shape index (κ1) is 24.9. The third-order valence-electron chi connectivity index (χ3n) is 5.43. The molecule has 0 bridgehead atoms. The van der Waals surface area contributed by atoms with Gasteiger partial charge in [0.25, 0.3) is 0 Å². The lowest BCUT2D eigenvalue weighted by atomic mass is 10.0. The fraction of sp³-hybridized carbons (Fsp3) is 0.304. The maximum atomic E-state index is 12.9. The summed E-state index contributed by atoms with van der Waals surface area (Å²) in [4.78, 5) is 48.0. The molecule has 1 aliphatic rings. The van der Waals surface area contributed by atoms with Crippen molar-refractivity contribution in [2.45, 2.75) is 43.5 Å². The second-order valence-electron chi connectivity index (χ2n) is 8.12. The summed E-state index contributed by atoms with van der Waals surface area (Å²) in [7, 11) is -3.77. The second-order valence-corrected chi connectivity index (χ2v) is 9.98. The zero-order chi connectivity index (χ0) is 24.9. The zero-order valence-corrected chi connectivity index (χ0v) is 19.3. The molecule has 1 fully saturated rings. The summed E-state index contributed by atoms with van der Waals surface area (Å²) < 4.78 is 26.1. The van der Waals surface area contributed by atoms with E-state index in [4.69, 9.17) is 5.73 Å². The number of carbonyl (C=O) groups excluding carboxylic acids is 4. The number of rotatable bonds is 9. The number of hydrogen-bond donors (Lipinski definition) is 4. The fourth-order valence-electron chi connectivity index (χ4n) is 3.75. The molecule has 2 aromatic carbocycles. The van der Waals surface area contributed by atoms with Gasteiger partial charge < -0.3 is 16.4 Å². The van der Waals surface area contributed by atoms with Gasteiger partial charge in [0.15, 0.2) is 0 Å². The average molecular weight is 487 g/mol. The lowest BCUT2D eigenvalue weighted by Gasteiger charge is -2.22. The molecule has 34 heavy (non-hydrogen) atoms. The van der Waals surface area contributed by atoms with Crippen LogP contribution >= 0.6 is 0 Å². The Kier molecular flexibility index (Phi) is 7.67. The quantitative estimate of drug-likeness (QED) is 0.384. The lowest BCUT2D eigenvalue weighted by Crippen LogP contribution is -2.54. The Labute approximate surface area is 197 Å². The van der Waals surface area contributed by atoms with Gasteiger partial charge >= 0.3 is 0 Å². The first-order valence-corrected chi connectivity index (χ1v) is 12.1. The van der Waals surface area contributed by atoms with E-state index in [1.807, 2.05) is 35.1 Å². The average Bonchev–Trinajstić information content (AvgIpc) is 3.05. The summed E-state index contributed by atoms with van der Waals surface area (Å²) in [5.41, 5.74) is 7.40. The van der Waals surface area contributed by atoms with E-state index in [2.05, 4.69) is 10.6 Å². The highest BCUT2D eigenvalue weighted by Crippen LogP contribution is 2.30. The molecular weight excluding hydrogens is 460 g/mol. The number of carbonyl (C=O) groups is 4. The standard InChI is InChI=1S/C23H26N4O6S/c1-14(28)25-19(12-15-5-3-2-4-6-15)23(31)26-18(22(24)30)11-16-7-9-17(10-8-16)20-13-21(29)27-34(20,32)33/h2-10,18-20H,11-13H2,1H3,(H2,24,30)(H,25,28)(H,26,31)(H,27,29)/t18-,19-,20?/m0/s1. The van der Waals surface area contributed by atoms with Crippen molar-refractivity contribution in [2.75, 3.05) is 0 Å². The molecule has 3 atom stereocenters. The molecule has 180 valence electrons. The number of nitrogens with two attached hydrogens (primary N) is 1. The molecule has 10 nitrogen and oxygen atoms in total. The molecule has 1 saturated heterocycles. The van der Waals surface area contributed by atoms with Crippen molar-refractivity contribution in [3.63, 3.8) is 0 Å². The SMILES string of the molecule is CC(=O)N[C@@H](Cc1ccccc1)C(=O)N[C@@H](Cc1ccc(C2CC(=O)NS2(=O)=O)cc1)C(N)=O. The third-order valence-corrected chi connectivity index (χ3v) is 7.13. The van der Waals surface area contributed by atoms with Gasteiger partial charge in [-0.25, -0.2) is 8.42 Å². The molecule has 1 unspecified atom stereocenters. The van der Waals surface area contributed by atoms with Crippen LogP contribution in [0.3, 0.4) is 0 Å².